The summed E-state index contributed by atoms with van der Waals surface area (Å²) >= 11 is 0. The van der Waals surface area contributed by atoms with E-state index in [1.54, 1.807) is 0 Å². The van der Waals surface area contributed by atoms with E-state index in [0.29, 0.717) is 0 Å². The Labute approximate surface area is 146 Å². The Morgan fingerprint density at radius 3 is 1.64 bits per heavy atom. The van der Waals surface area contributed by atoms with Gasteiger partial charge in [0, 0.05) is 12.3 Å². The van der Waals surface area contributed by atoms with Gasteiger partial charge in [-0.15, -0.1) is 13.2 Å². The Hall–Kier alpha value is -1.06. The zero-order chi connectivity index (χ0) is 22.6. The number of alkyl halides is 14. The fourth-order valence-electron chi connectivity index (χ4n) is 2.21. The first-order valence-corrected chi connectivity index (χ1v) is 6.76. The van der Waals surface area contributed by atoms with Gasteiger partial charge in [0.1, 0.15) is 0 Å². The van der Waals surface area contributed by atoms with E-state index in [1.807, 2.05) is 0 Å². The third-order valence-electron chi connectivity index (χ3n) is 3.66. The molecule has 0 aromatic carbocycles. The van der Waals surface area contributed by atoms with Crippen LogP contribution in [0.2, 0.25) is 0 Å². The molecule has 1 rings (SSSR count). The van der Waals surface area contributed by atoms with Crippen LogP contribution in [0.25, 0.3) is 0 Å². The van der Waals surface area contributed by atoms with Crippen molar-refractivity contribution >= 4 is 0 Å². The summed E-state index contributed by atoms with van der Waals surface area (Å²) in [5.41, 5.74) is 0. The van der Waals surface area contributed by atoms with Crippen molar-refractivity contribution in [2.75, 3.05) is 0 Å². The first-order chi connectivity index (χ1) is 12.1. The van der Waals surface area contributed by atoms with E-state index in [2.05, 4.69) is 16.4 Å². The van der Waals surface area contributed by atoms with Crippen molar-refractivity contribution in [2.24, 2.45) is 5.92 Å². The molecule has 0 N–H and O–H groups in total. The zero-order valence-electron chi connectivity index (χ0n) is 12.9. The predicted octanol–water partition coefficient (Wildman–Crippen LogP) is 5.75. The molecular formula is C12H8F14O2. The fraction of sp³-hybridized carbons (Fsp3) is 0.833. The Morgan fingerprint density at radius 2 is 1.29 bits per heavy atom. The van der Waals surface area contributed by atoms with E-state index in [9.17, 15) is 61.5 Å². The van der Waals surface area contributed by atoms with Crippen LogP contribution in [0.3, 0.4) is 0 Å². The molecule has 0 bridgehead atoms. The van der Waals surface area contributed by atoms with Gasteiger partial charge in [0.05, 0.1) is 0 Å². The van der Waals surface area contributed by atoms with Crippen molar-refractivity contribution in [3.8, 4) is 0 Å². The van der Waals surface area contributed by atoms with Crippen LogP contribution in [0, 0.1) is 19.3 Å². The molecule has 0 amide bonds. The van der Waals surface area contributed by atoms with Gasteiger partial charge in [0.25, 0.3) is 11.7 Å². The van der Waals surface area contributed by atoms with Gasteiger partial charge in [-0.2, -0.15) is 39.5 Å². The molecule has 2 radical (unpaired) electrons. The average molecular weight is 450 g/mol. The summed E-state index contributed by atoms with van der Waals surface area (Å²) in [5.74, 6) is -28.0. The van der Waals surface area contributed by atoms with E-state index >= 15 is 0 Å². The second-order valence-electron chi connectivity index (χ2n) is 5.53. The van der Waals surface area contributed by atoms with Gasteiger partial charge in [-0.3, -0.25) is 4.74 Å². The van der Waals surface area contributed by atoms with Crippen molar-refractivity contribution in [3.05, 3.63) is 13.3 Å². The van der Waals surface area contributed by atoms with Crippen LogP contribution in [-0.4, -0.2) is 42.2 Å². The number of hydrogen-bond donors (Lipinski definition) is 0. The van der Waals surface area contributed by atoms with Crippen molar-refractivity contribution in [1.29, 1.82) is 0 Å². The molecule has 1 saturated carbocycles. The molecule has 0 aliphatic heterocycles. The highest BCUT2D eigenvalue weighted by atomic mass is 19.4. The van der Waals surface area contributed by atoms with Crippen LogP contribution in [-0.2, 0) is 9.47 Å². The highest BCUT2D eigenvalue weighted by Gasteiger charge is 2.85. The summed E-state index contributed by atoms with van der Waals surface area (Å²) in [7, 11) is 0. The zero-order valence-corrected chi connectivity index (χ0v) is 12.9. The minimum Gasteiger partial charge on any atom is -0.272 e. The lowest BCUT2D eigenvalue weighted by Crippen LogP contribution is -2.65. The number of rotatable bonds is 6. The van der Waals surface area contributed by atoms with Gasteiger partial charge >= 0.3 is 30.5 Å². The minimum absolute atomic E-state index is 0.424. The van der Waals surface area contributed by atoms with Gasteiger partial charge in [0.15, 0.2) is 0 Å². The van der Waals surface area contributed by atoms with E-state index in [1.165, 1.54) is 0 Å². The molecule has 16 heteroatoms. The molecule has 166 valence electrons. The van der Waals surface area contributed by atoms with Crippen LogP contribution in [0.4, 0.5) is 61.5 Å². The summed E-state index contributed by atoms with van der Waals surface area (Å²) < 4.78 is 186. The summed E-state index contributed by atoms with van der Waals surface area (Å²) in [6.07, 6.45) is -23.4. The normalized spacial score (nSPS) is 30.8. The van der Waals surface area contributed by atoms with Crippen molar-refractivity contribution in [3.63, 3.8) is 0 Å². The van der Waals surface area contributed by atoms with Gasteiger partial charge in [-0.05, 0) is 12.8 Å². The molecule has 0 aromatic heterocycles. The number of hydrogen-bond acceptors (Lipinski definition) is 2. The predicted molar refractivity (Wildman–Crippen MR) is 59.2 cm³/mol. The van der Waals surface area contributed by atoms with E-state index in [4.69, 9.17) is 0 Å². The molecule has 3 atom stereocenters. The first kappa shape index (κ1) is 25.0. The lowest BCUT2D eigenvalue weighted by molar-refractivity contribution is -0.502. The lowest BCUT2D eigenvalue weighted by Gasteiger charge is -2.41. The van der Waals surface area contributed by atoms with Crippen molar-refractivity contribution in [2.45, 2.75) is 55.0 Å². The smallest absolute Gasteiger partial charge is 0.272 e. The molecule has 0 heterocycles. The Balaban J connectivity index is 3.42. The Morgan fingerprint density at radius 1 is 0.821 bits per heavy atom. The molecule has 2 nitrogen and oxygen atoms in total. The molecular weight excluding hydrogens is 442 g/mol. The van der Waals surface area contributed by atoms with E-state index in [0.717, 1.165) is 0 Å². The van der Waals surface area contributed by atoms with E-state index < -0.39 is 67.4 Å². The first-order valence-electron chi connectivity index (χ1n) is 6.76. The highest BCUT2D eigenvalue weighted by molar-refractivity contribution is 5.11. The van der Waals surface area contributed by atoms with Crippen molar-refractivity contribution in [1.82, 2.24) is 0 Å². The molecule has 3 unspecified atom stereocenters. The molecule has 28 heavy (non-hydrogen) atoms. The van der Waals surface area contributed by atoms with Crippen molar-refractivity contribution < 1.29 is 70.9 Å². The highest BCUT2D eigenvalue weighted by Crippen LogP contribution is 2.59. The molecule has 1 aliphatic rings. The third kappa shape index (κ3) is 3.85. The molecule has 0 spiro atoms. The molecule has 1 fully saturated rings. The van der Waals surface area contributed by atoms with Crippen LogP contribution in [0.15, 0.2) is 0 Å². The SMILES string of the molecule is [CH2]CC1C[CH]C(F)(OC(F)(F)F)C1(F)OC(F)(F)C(F)(F)C(F)(F)C(F)(F)F. The summed E-state index contributed by atoms with van der Waals surface area (Å²) in [6, 6.07) is 0. The summed E-state index contributed by atoms with van der Waals surface area (Å²) in [4.78, 5) is 0. The van der Waals surface area contributed by atoms with Gasteiger partial charge < -0.3 is 0 Å². The lowest BCUT2D eigenvalue weighted by atomic mass is 9.98. The number of halogens is 14. The fourth-order valence-corrected chi connectivity index (χ4v) is 2.21. The maximum Gasteiger partial charge on any atom is 0.525 e. The largest absolute Gasteiger partial charge is 0.525 e. The average Bonchev–Trinajstić information content (AvgIpc) is 2.65. The van der Waals surface area contributed by atoms with Gasteiger partial charge in [-0.25, -0.2) is 13.5 Å². The summed E-state index contributed by atoms with van der Waals surface area (Å²) in [6.45, 7) is 2.80. The quantitative estimate of drug-likeness (QED) is 0.481. The second-order valence-corrected chi connectivity index (χ2v) is 5.53. The standard InChI is InChI=1S/C12H8F14O2/c1-2-5-3-4-6(13,27-12(24,25)26)7(5,14)28-11(22,23)9(17,18)8(15,16)10(19,20)21/h4-5H,1-3H2. The summed E-state index contributed by atoms with van der Waals surface area (Å²) in [5, 5.41) is 0. The van der Waals surface area contributed by atoms with Gasteiger partial charge in [0.2, 0.25) is 0 Å². The molecule has 0 aromatic rings. The molecule has 0 saturated heterocycles. The second kappa shape index (κ2) is 6.74. The Bertz CT molecular complexity index is 570. The Kier molecular flexibility index (Phi) is 6.01. The number of ether oxygens (including phenoxy) is 2. The third-order valence-corrected chi connectivity index (χ3v) is 3.66. The van der Waals surface area contributed by atoms with Gasteiger partial charge in [-0.1, -0.05) is 6.92 Å². The van der Waals surface area contributed by atoms with Crippen LogP contribution in [0.1, 0.15) is 12.8 Å². The monoisotopic (exact) mass is 450 g/mol. The van der Waals surface area contributed by atoms with E-state index in [-0.39, 0.29) is 0 Å². The van der Waals surface area contributed by atoms with Crippen LogP contribution in [0.5, 0.6) is 0 Å². The van der Waals surface area contributed by atoms with Crippen LogP contribution >= 0.6 is 0 Å². The van der Waals surface area contributed by atoms with Crippen LogP contribution < -0.4 is 0 Å². The topological polar surface area (TPSA) is 18.5 Å². The maximum atomic E-state index is 14.6. The maximum absolute atomic E-state index is 14.6. The molecule has 1 aliphatic carbocycles. The minimum atomic E-state index is -7.55.